The maximum atomic E-state index is 12.4. The lowest BCUT2D eigenvalue weighted by Crippen LogP contribution is -2.27. The number of nitrogens with zero attached hydrogens (tertiary/aromatic N) is 1. The van der Waals surface area contributed by atoms with E-state index in [1.165, 1.54) is 47.2 Å². The van der Waals surface area contributed by atoms with Crippen LogP contribution in [0.4, 0.5) is 5.69 Å². The SMILES string of the molecule is O=C(COC(=O)c1ccoc1)Nc1ccc(S(=O)(=O)N2CCCC2)cc1. The maximum Gasteiger partial charge on any atom is 0.341 e. The van der Waals surface area contributed by atoms with E-state index in [-0.39, 0.29) is 10.5 Å². The number of carbonyl (C=O) groups is 2. The number of benzene rings is 1. The van der Waals surface area contributed by atoms with Crippen molar-refractivity contribution in [2.24, 2.45) is 0 Å². The Hall–Kier alpha value is -2.65. The summed E-state index contributed by atoms with van der Waals surface area (Å²) in [5, 5.41) is 2.54. The third-order valence-corrected chi connectivity index (χ3v) is 5.84. The van der Waals surface area contributed by atoms with E-state index in [4.69, 9.17) is 9.15 Å². The minimum atomic E-state index is -3.49. The van der Waals surface area contributed by atoms with Gasteiger partial charge < -0.3 is 14.5 Å². The standard InChI is InChI=1S/C17H18N2O6S/c20-16(12-25-17(21)13-7-10-24-11-13)18-14-3-5-15(6-4-14)26(22,23)19-8-1-2-9-19/h3-7,10-11H,1-2,8-9,12H2,(H,18,20). The number of anilines is 1. The van der Waals surface area contributed by atoms with Crippen LogP contribution < -0.4 is 5.32 Å². The van der Waals surface area contributed by atoms with Crippen LogP contribution in [-0.2, 0) is 19.6 Å². The Morgan fingerprint density at radius 1 is 1.12 bits per heavy atom. The minimum Gasteiger partial charge on any atom is -0.472 e. The first-order chi connectivity index (χ1) is 12.5. The van der Waals surface area contributed by atoms with E-state index in [9.17, 15) is 18.0 Å². The van der Waals surface area contributed by atoms with E-state index in [1.54, 1.807) is 0 Å². The van der Waals surface area contributed by atoms with Crippen molar-refractivity contribution in [3.05, 3.63) is 48.4 Å². The number of ether oxygens (including phenoxy) is 1. The largest absolute Gasteiger partial charge is 0.472 e. The van der Waals surface area contributed by atoms with Crippen molar-refractivity contribution in [2.45, 2.75) is 17.7 Å². The van der Waals surface area contributed by atoms with Crippen molar-refractivity contribution in [1.29, 1.82) is 0 Å². The number of esters is 1. The average molecular weight is 378 g/mol. The summed E-state index contributed by atoms with van der Waals surface area (Å²) in [5.41, 5.74) is 0.629. The lowest BCUT2D eigenvalue weighted by atomic mass is 10.3. The quantitative estimate of drug-likeness (QED) is 0.769. The number of furan rings is 1. The summed E-state index contributed by atoms with van der Waals surface area (Å²) >= 11 is 0. The van der Waals surface area contributed by atoms with Crippen molar-refractivity contribution >= 4 is 27.6 Å². The minimum absolute atomic E-state index is 0.184. The van der Waals surface area contributed by atoms with Gasteiger partial charge in [0.1, 0.15) is 6.26 Å². The van der Waals surface area contributed by atoms with Crippen LogP contribution in [-0.4, -0.2) is 44.3 Å². The predicted molar refractivity (Wildman–Crippen MR) is 92.1 cm³/mol. The van der Waals surface area contributed by atoms with Gasteiger partial charge in [-0.1, -0.05) is 0 Å². The van der Waals surface area contributed by atoms with Gasteiger partial charge in [0, 0.05) is 18.8 Å². The lowest BCUT2D eigenvalue weighted by molar-refractivity contribution is -0.119. The van der Waals surface area contributed by atoms with Gasteiger partial charge in [0.05, 0.1) is 16.7 Å². The van der Waals surface area contributed by atoms with Gasteiger partial charge >= 0.3 is 5.97 Å². The molecule has 0 radical (unpaired) electrons. The molecule has 3 rings (SSSR count). The van der Waals surface area contributed by atoms with E-state index in [0.29, 0.717) is 18.8 Å². The molecule has 0 bridgehead atoms. The van der Waals surface area contributed by atoms with Crippen molar-refractivity contribution < 1.29 is 27.2 Å². The number of carbonyl (C=O) groups excluding carboxylic acids is 2. The highest BCUT2D eigenvalue weighted by molar-refractivity contribution is 7.89. The van der Waals surface area contributed by atoms with Gasteiger partial charge in [0.25, 0.3) is 5.91 Å². The van der Waals surface area contributed by atoms with Crippen molar-refractivity contribution in [3.63, 3.8) is 0 Å². The summed E-state index contributed by atoms with van der Waals surface area (Å²) in [4.78, 5) is 23.6. The van der Waals surface area contributed by atoms with E-state index in [1.807, 2.05) is 0 Å². The molecule has 8 nitrogen and oxygen atoms in total. The van der Waals surface area contributed by atoms with Crippen LogP contribution in [0.25, 0.3) is 0 Å². The Kier molecular flexibility index (Phi) is 5.38. The molecule has 1 fully saturated rings. The summed E-state index contributed by atoms with van der Waals surface area (Å²) in [7, 11) is -3.49. The first-order valence-corrected chi connectivity index (χ1v) is 9.50. The van der Waals surface area contributed by atoms with Gasteiger partial charge in [-0.2, -0.15) is 4.31 Å². The molecule has 2 aromatic rings. The number of rotatable bonds is 6. The zero-order valence-corrected chi connectivity index (χ0v) is 14.7. The smallest absolute Gasteiger partial charge is 0.341 e. The normalized spacial score (nSPS) is 14.9. The fourth-order valence-corrected chi connectivity index (χ4v) is 4.10. The van der Waals surface area contributed by atoms with Gasteiger partial charge in [0.2, 0.25) is 10.0 Å². The van der Waals surface area contributed by atoms with Crippen LogP contribution in [0.5, 0.6) is 0 Å². The number of amides is 1. The first-order valence-electron chi connectivity index (χ1n) is 8.06. The second-order valence-corrected chi connectivity index (χ2v) is 7.71. The summed E-state index contributed by atoms with van der Waals surface area (Å²) in [6.07, 6.45) is 4.28. The van der Waals surface area contributed by atoms with Crippen molar-refractivity contribution in [2.75, 3.05) is 25.0 Å². The molecule has 0 unspecified atom stereocenters. The Morgan fingerprint density at radius 3 is 2.42 bits per heavy atom. The topological polar surface area (TPSA) is 106 Å². The molecule has 0 spiro atoms. The third kappa shape index (κ3) is 4.12. The van der Waals surface area contributed by atoms with Gasteiger partial charge in [0.15, 0.2) is 6.61 Å². The molecule has 2 heterocycles. The molecular formula is C17H18N2O6S. The fourth-order valence-electron chi connectivity index (χ4n) is 2.58. The van der Waals surface area contributed by atoms with Crippen LogP contribution in [0.3, 0.4) is 0 Å². The lowest BCUT2D eigenvalue weighted by Gasteiger charge is -2.15. The zero-order valence-electron chi connectivity index (χ0n) is 13.9. The molecule has 0 saturated carbocycles. The number of nitrogens with one attached hydrogen (secondary N) is 1. The summed E-state index contributed by atoms with van der Waals surface area (Å²) in [6.45, 7) is 0.601. The van der Waals surface area contributed by atoms with Gasteiger partial charge in [-0.25, -0.2) is 13.2 Å². The molecule has 26 heavy (non-hydrogen) atoms. The molecule has 9 heteroatoms. The Bertz CT molecular complexity index is 868. The van der Waals surface area contributed by atoms with E-state index >= 15 is 0 Å². The highest BCUT2D eigenvalue weighted by Crippen LogP contribution is 2.22. The highest BCUT2D eigenvalue weighted by atomic mass is 32.2. The Labute approximate surface area is 150 Å². The molecule has 1 N–H and O–H groups in total. The molecule has 0 aliphatic carbocycles. The second kappa shape index (κ2) is 7.71. The maximum absolute atomic E-state index is 12.4. The first kappa shape index (κ1) is 18.2. The van der Waals surface area contributed by atoms with Gasteiger partial charge in [-0.05, 0) is 43.2 Å². The van der Waals surface area contributed by atoms with E-state index < -0.39 is 28.5 Å². The molecule has 1 saturated heterocycles. The van der Waals surface area contributed by atoms with Gasteiger partial charge in [-0.3, -0.25) is 4.79 Å². The number of hydrogen-bond acceptors (Lipinski definition) is 6. The van der Waals surface area contributed by atoms with Crippen LogP contribution in [0.15, 0.2) is 52.2 Å². The third-order valence-electron chi connectivity index (χ3n) is 3.93. The monoisotopic (exact) mass is 378 g/mol. The second-order valence-electron chi connectivity index (χ2n) is 5.77. The summed E-state index contributed by atoms with van der Waals surface area (Å²) in [6, 6.07) is 7.32. The molecular weight excluding hydrogens is 360 g/mol. The van der Waals surface area contributed by atoms with E-state index in [2.05, 4.69) is 5.32 Å². The molecule has 1 aliphatic rings. The predicted octanol–water partition coefficient (Wildman–Crippen LogP) is 1.86. The van der Waals surface area contributed by atoms with Crippen molar-refractivity contribution in [3.8, 4) is 0 Å². The molecule has 1 aromatic carbocycles. The van der Waals surface area contributed by atoms with Gasteiger partial charge in [-0.15, -0.1) is 0 Å². The van der Waals surface area contributed by atoms with Crippen LogP contribution in [0, 0.1) is 0 Å². The molecule has 1 aromatic heterocycles. The molecule has 1 amide bonds. The average Bonchev–Trinajstić information content (AvgIpc) is 3.33. The molecule has 0 atom stereocenters. The van der Waals surface area contributed by atoms with Crippen LogP contribution in [0.2, 0.25) is 0 Å². The number of sulfonamides is 1. The fraction of sp³-hybridized carbons (Fsp3) is 0.294. The number of hydrogen-bond donors (Lipinski definition) is 1. The summed E-state index contributed by atoms with van der Waals surface area (Å²) < 4.78 is 35.9. The molecule has 138 valence electrons. The zero-order chi connectivity index (χ0) is 18.6. The van der Waals surface area contributed by atoms with Crippen LogP contribution in [0.1, 0.15) is 23.2 Å². The Morgan fingerprint density at radius 2 is 1.81 bits per heavy atom. The van der Waals surface area contributed by atoms with Crippen LogP contribution >= 0.6 is 0 Å². The molecule has 1 aliphatic heterocycles. The Balaban J connectivity index is 1.55. The summed E-state index contributed by atoms with van der Waals surface area (Å²) in [5.74, 6) is -1.20. The highest BCUT2D eigenvalue weighted by Gasteiger charge is 2.26. The van der Waals surface area contributed by atoms with Crippen molar-refractivity contribution in [1.82, 2.24) is 4.31 Å². The van der Waals surface area contributed by atoms with E-state index in [0.717, 1.165) is 12.8 Å².